The van der Waals surface area contributed by atoms with Gasteiger partial charge in [-0.2, -0.15) is 0 Å². The Hall–Kier alpha value is -2.32. The van der Waals surface area contributed by atoms with E-state index in [2.05, 4.69) is 4.98 Å². The van der Waals surface area contributed by atoms with Gasteiger partial charge in [0, 0.05) is 0 Å². The van der Waals surface area contributed by atoms with E-state index in [1.807, 2.05) is 0 Å². The van der Waals surface area contributed by atoms with Gasteiger partial charge in [0.25, 0.3) is 6.43 Å². The molecule has 0 saturated heterocycles. The average Bonchev–Trinajstić information content (AvgIpc) is 2.14. The van der Waals surface area contributed by atoms with Crippen molar-refractivity contribution in [3.8, 4) is 0 Å². The van der Waals surface area contributed by atoms with Gasteiger partial charge in [0.2, 0.25) is 0 Å². The van der Waals surface area contributed by atoms with E-state index in [1.54, 1.807) is 0 Å². The lowest BCUT2D eigenvalue weighted by Gasteiger charge is -2.06. The van der Waals surface area contributed by atoms with E-state index < -0.39 is 40.8 Å². The molecule has 0 saturated carbocycles. The normalized spacial score (nSPS) is 10.5. The van der Waals surface area contributed by atoms with Crippen molar-refractivity contribution in [3.63, 3.8) is 0 Å². The monoisotopic (exact) mass is 247 g/mol. The maximum absolute atomic E-state index is 12.5. The van der Waals surface area contributed by atoms with E-state index in [9.17, 15) is 23.7 Å². The van der Waals surface area contributed by atoms with E-state index in [4.69, 9.17) is 10.8 Å². The van der Waals surface area contributed by atoms with Crippen LogP contribution in [0.15, 0.2) is 6.07 Å². The number of nitrogens with two attached hydrogens (primary N) is 1. The number of carboxylic acids is 1. The van der Waals surface area contributed by atoms with Crippen LogP contribution in [-0.4, -0.2) is 21.0 Å². The lowest BCUT2D eigenvalue weighted by Crippen LogP contribution is -2.09. The summed E-state index contributed by atoms with van der Waals surface area (Å²) in [7, 11) is 0. The Kier molecular flexibility index (Phi) is 3.51. The molecule has 3 N–H and O–H groups in total. The number of nitrogens with zero attached hydrogens (tertiary/aromatic N) is 2. The van der Waals surface area contributed by atoms with E-state index in [0.717, 1.165) is 6.07 Å². The van der Waals surface area contributed by atoms with Crippen molar-refractivity contribution < 1.29 is 23.6 Å². The summed E-state index contributed by atoms with van der Waals surface area (Å²) in [6, 6.07) is 0.901. The number of hydrogen-bond acceptors (Lipinski definition) is 5. The molecule has 1 aromatic heterocycles. The van der Waals surface area contributed by atoms with Gasteiger partial charge in [0.15, 0.2) is 5.69 Å². The number of pyridine rings is 1. The Labute approximate surface area is 93.0 Å². The summed E-state index contributed by atoms with van der Waals surface area (Å²) in [6.07, 6.45) is -3.84. The molecule has 17 heavy (non-hydrogen) atoms. The molecule has 1 aromatic rings. The van der Waals surface area contributed by atoms with Crippen LogP contribution >= 0.6 is 0 Å². The fourth-order valence-corrected chi connectivity index (χ4v) is 1.23. The fraction of sp³-hybridized carbons (Fsp3) is 0.250. The van der Waals surface area contributed by atoms with Crippen LogP contribution < -0.4 is 5.73 Å². The van der Waals surface area contributed by atoms with Crippen LogP contribution in [0.4, 0.5) is 20.2 Å². The van der Waals surface area contributed by atoms with Crippen LogP contribution in [0.2, 0.25) is 0 Å². The van der Waals surface area contributed by atoms with Crippen LogP contribution in [0.1, 0.15) is 17.8 Å². The lowest BCUT2D eigenvalue weighted by molar-refractivity contribution is -0.385. The smallest absolute Gasteiger partial charge is 0.319 e. The molecule has 0 aliphatic carbocycles. The molecule has 0 fully saturated rings. The highest BCUT2D eigenvalue weighted by molar-refractivity contribution is 5.71. The lowest BCUT2D eigenvalue weighted by atomic mass is 10.2. The van der Waals surface area contributed by atoms with Crippen molar-refractivity contribution in [1.82, 2.24) is 4.98 Å². The molecular weight excluding hydrogens is 240 g/mol. The van der Waals surface area contributed by atoms with Crippen LogP contribution in [0.3, 0.4) is 0 Å². The molecule has 0 aromatic carbocycles. The average molecular weight is 247 g/mol. The molecule has 9 heteroatoms. The third-order valence-electron chi connectivity index (χ3n) is 1.82. The molecule has 92 valence electrons. The van der Waals surface area contributed by atoms with E-state index >= 15 is 0 Å². The van der Waals surface area contributed by atoms with Crippen molar-refractivity contribution in [1.29, 1.82) is 0 Å². The van der Waals surface area contributed by atoms with Gasteiger partial charge in [-0.1, -0.05) is 0 Å². The fourth-order valence-electron chi connectivity index (χ4n) is 1.23. The summed E-state index contributed by atoms with van der Waals surface area (Å²) in [6.45, 7) is 0. The SMILES string of the molecule is Nc1cc(CC(=O)O)nc(C(F)F)c1[N+](=O)[O-]. The highest BCUT2D eigenvalue weighted by Gasteiger charge is 2.27. The highest BCUT2D eigenvalue weighted by Crippen LogP contribution is 2.32. The highest BCUT2D eigenvalue weighted by atomic mass is 19.3. The van der Waals surface area contributed by atoms with Gasteiger partial charge in [-0.05, 0) is 6.07 Å². The number of hydrogen-bond donors (Lipinski definition) is 2. The zero-order valence-corrected chi connectivity index (χ0v) is 8.26. The summed E-state index contributed by atoms with van der Waals surface area (Å²) >= 11 is 0. The van der Waals surface area contributed by atoms with E-state index in [1.165, 1.54) is 0 Å². The van der Waals surface area contributed by atoms with Crippen molar-refractivity contribution >= 4 is 17.3 Å². The summed E-state index contributed by atoms with van der Waals surface area (Å²) < 4.78 is 25.0. The van der Waals surface area contributed by atoms with Gasteiger partial charge in [-0.15, -0.1) is 0 Å². The number of aromatic nitrogens is 1. The summed E-state index contributed by atoms with van der Waals surface area (Å²) in [5.74, 6) is -1.30. The van der Waals surface area contributed by atoms with Gasteiger partial charge in [0.05, 0.1) is 17.0 Å². The van der Waals surface area contributed by atoms with Gasteiger partial charge < -0.3 is 10.8 Å². The Bertz CT molecular complexity index is 478. The number of carbonyl (C=O) groups is 1. The number of anilines is 1. The van der Waals surface area contributed by atoms with Crippen LogP contribution in [-0.2, 0) is 11.2 Å². The number of rotatable bonds is 4. The molecule has 0 bridgehead atoms. The number of halogens is 2. The van der Waals surface area contributed by atoms with Crippen LogP contribution in [0, 0.1) is 10.1 Å². The van der Waals surface area contributed by atoms with Crippen molar-refractivity contribution in [3.05, 3.63) is 27.6 Å². The quantitative estimate of drug-likeness (QED) is 0.608. The Morgan fingerprint density at radius 3 is 2.65 bits per heavy atom. The van der Waals surface area contributed by atoms with E-state index in [-0.39, 0.29) is 5.69 Å². The van der Waals surface area contributed by atoms with Gasteiger partial charge in [-0.3, -0.25) is 14.9 Å². The molecule has 0 atom stereocenters. The summed E-state index contributed by atoms with van der Waals surface area (Å²) in [5.41, 5.74) is 2.33. The standard InChI is InChI=1S/C8H7F2N3O4/c9-8(10)6-7(13(16)17)4(11)1-3(12-6)2-5(14)15/h1,8H,2H2,(H2,11,12)(H,14,15). The number of nitrogen functional groups attached to an aromatic ring is 1. The Morgan fingerprint density at radius 1 is 1.65 bits per heavy atom. The molecule has 1 heterocycles. The first-order valence-corrected chi connectivity index (χ1v) is 4.26. The minimum Gasteiger partial charge on any atom is -0.481 e. The first-order valence-electron chi connectivity index (χ1n) is 4.26. The van der Waals surface area contributed by atoms with Crippen LogP contribution in [0.25, 0.3) is 0 Å². The number of aliphatic carboxylic acids is 1. The molecule has 0 aliphatic heterocycles. The Balaban J connectivity index is 3.35. The number of nitro groups is 1. The zero-order valence-electron chi connectivity index (χ0n) is 8.26. The minimum absolute atomic E-state index is 0.254. The van der Waals surface area contributed by atoms with E-state index in [0.29, 0.717) is 0 Å². The third kappa shape index (κ3) is 2.83. The van der Waals surface area contributed by atoms with Crippen molar-refractivity contribution in [2.24, 2.45) is 0 Å². The predicted molar refractivity (Wildman–Crippen MR) is 51.6 cm³/mol. The summed E-state index contributed by atoms with van der Waals surface area (Å²) in [4.78, 5) is 23.1. The zero-order chi connectivity index (χ0) is 13.2. The van der Waals surface area contributed by atoms with Gasteiger partial charge in [-0.25, -0.2) is 13.8 Å². The minimum atomic E-state index is -3.20. The van der Waals surface area contributed by atoms with Gasteiger partial charge >= 0.3 is 11.7 Å². The molecular formula is C8H7F2N3O4. The number of carboxylic acid groups (broad SMARTS) is 1. The second-order valence-electron chi connectivity index (χ2n) is 3.06. The second kappa shape index (κ2) is 4.68. The summed E-state index contributed by atoms with van der Waals surface area (Å²) in [5, 5.41) is 19.0. The molecule has 0 radical (unpaired) electrons. The first-order chi connectivity index (χ1) is 7.82. The molecule has 0 amide bonds. The van der Waals surface area contributed by atoms with Gasteiger partial charge in [0.1, 0.15) is 5.69 Å². The molecule has 0 unspecified atom stereocenters. The number of alkyl halides is 2. The first kappa shape index (κ1) is 12.7. The van der Waals surface area contributed by atoms with Crippen LogP contribution in [0.5, 0.6) is 0 Å². The largest absolute Gasteiger partial charge is 0.481 e. The van der Waals surface area contributed by atoms with Crippen molar-refractivity contribution in [2.75, 3.05) is 5.73 Å². The maximum Gasteiger partial charge on any atom is 0.319 e. The molecule has 0 aliphatic rings. The maximum atomic E-state index is 12.5. The molecule has 1 rings (SSSR count). The predicted octanol–water partition coefficient (Wildman–Crippen LogP) is 1.14. The molecule has 0 spiro atoms. The van der Waals surface area contributed by atoms with Crippen molar-refractivity contribution in [2.45, 2.75) is 12.8 Å². The molecule has 7 nitrogen and oxygen atoms in total. The topological polar surface area (TPSA) is 119 Å². The second-order valence-corrected chi connectivity index (χ2v) is 3.06. The Morgan fingerprint density at radius 2 is 2.24 bits per heavy atom. The third-order valence-corrected chi connectivity index (χ3v) is 1.82.